The van der Waals surface area contributed by atoms with Gasteiger partial charge >= 0.3 is 5.97 Å². The van der Waals surface area contributed by atoms with Crippen LogP contribution in [0.2, 0.25) is 0 Å². The van der Waals surface area contributed by atoms with E-state index in [4.69, 9.17) is 4.74 Å². The maximum Gasteiger partial charge on any atom is 0.311 e. The zero-order valence-corrected chi connectivity index (χ0v) is 15.8. The predicted octanol–water partition coefficient (Wildman–Crippen LogP) is 2.59. The number of benzene rings is 1. The molecule has 1 heterocycles. The molecular weight excluding hydrogens is 352 g/mol. The maximum atomic E-state index is 12.0. The van der Waals surface area contributed by atoms with Crippen molar-refractivity contribution in [1.29, 1.82) is 0 Å². The molecular formula is C19H22N2O4S. The molecule has 0 spiro atoms. The summed E-state index contributed by atoms with van der Waals surface area (Å²) in [5.74, 6) is -1.33. The Bertz CT molecular complexity index is 767. The van der Waals surface area contributed by atoms with Crippen molar-refractivity contribution in [1.82, 2.24) is 5.32 Å². The van der Waals surface area contributed by atoms with Gasteiger partial charge in [-0.1, -0.05) is 24.3 Å². The summed E-state index contributed by atoms with van der Waals surface area (Å²) in [5, 5.41) is 7.13. The number of anilines is 1. The van der Waals surface area contributed by atoms with Crippen LogP contribution < -0.4 is 10.6 Å². The smallest absolute Gasteiger partial charge is 0.311 e. The third-order valence-corrected chi connectivity index (χ3v) is 4.62. The summed E-state index contributed by atoms with van der Waals surface area (Å²) < 4.78 is 5.10. The summed E-state index contributed by atoms with van der Waals surface area (Å²) in [6.45, 7) is 5.08. The lowest BCUT2D eigenvalue weighted by molar-refractivity contribution is -0.154. The molecule has 0 saturated carbocycles. The van der Waals surface area contributed by atoms with Crippen LogP contribution in [0.3, 0.4) is 0 Å². The summed E-state index contributed by atoms with van der Waals surface area (Å²) in [4.78, 5) is 36.7. The largest absolute Gasteiger partial charge is 0.452 e. The number of ether oxygens (including phenoxy) is 1. The number of aryl methyl sites for hydroxylation is 2. The van der Waals surface area contributed by atoms with Gasteiger partial charge < -0.3 is 15.4 Å². The summed E-state index contributed by atoms with van der Waals surface area (Å²) in [5.41, 5.74) is 2.63. The molecule has 26 heavy (non-hydrogen) atoms. The molecule has 2 amide bonds. The number of thiophene rings is 1. The molecule has 0 saturated heterocycles. The second kappa shape index (κ2) is 9.15. The third-order valence-electron chi connectivity index (χ3n) is 3.74. The molecule has 0 bridgehead atoms. The molecule has 7 heteroatoms. The first kappa shape index (κ1) is 19.7. The Morgan fingerprint density at radius 2 is 1.81 bits per heavy atom. The first-order valence-corrected chi connectivity index (χ1v) is 9.10. The molecule has 138 valence electrons. The molecule has 0 aliphatic rings. The van der Waals surface area contributed by atoms with E-state index in [2.05, 4.69) is 10.6 Å². The van der Waals surface area contributed by atoms with Crippen LogP contribution in [0.25, 0.3) is 0 Å². The second-order valence-electron chi connectivity index (χ2n) is 5.92. The molecule has 1 atom stereocenters. The van der Waals surface area contributed by atoms with Crippen LogP contribution in [0, 0.1) is 13.8 Å². The van der Waals surface area contributed by atoms with E-state index in [9.17, 15) is 14.4 Å². The van der Waals surface area contributed by atoms with Gasteiger partial charge in [-0.2, -0.15) is 0 Å². The van der Waals surface area contributed by atoms with Gasteiger partial charge in [0.1, 0.15) is 0 Å². The van der Waals surface area contributed by atoms with Crippen LogP contribution in [-0.2, 0) is 25.5 Å². The van der Waals surface area contributed by atoms with Crippen LogP contribution in [-0.4, -0.2) is 30.4 Å². The number of esters is 1. The van der Waals surface area contributed by atoms with Crippen LogP contribution in [0.4, 0.5) is 5.69 Å². The Balaban J connectivity index is 1.78. The Kier molecular flexibility index (Phi) is 6.91. The molecule has 2 rings (SSSR count). The topological polar surface area (TPSA) is 84.5 Å². The SMILES string of the molecule is Cc1cccc(C)c1NC(=O)CNC(=O)C(C)OC(=O)Cc1cccs1. The van der Waals surface area contributed by atoms with Crippen LogP contribution in [0.5, 0.6) is 0 Å². The number of hydrogen-bond donors (Lipinski definition) is 2. The summed E-state index contributed by atoms with van der Waals surface area (Å²) in [6, 6.07) is 9.38. The van der Waals surface area contributed by atoms with Crippen molar-refractivity contribution < 1.29 is 19.1 Å². The normalized spacial score (nSPS) is 11.5. The zero-order chi connectivity index (χ0) is 19.1. The highest BCUT2D eigenvalue weighted by atomic mass is 32.1. The van der Waals surface area contributed by atoms with E-state index < -0.39 is 18.0 Å². The Labute approximate surface area is 156 Å². The van der Waals surface area contributed by atoms with Crippen molar-refractivity contribution in [3.63, 3.8) is 0 Å². The monoisotopic (exact) mass is 374 g/mol. The zero-order valence-electron chi connectivity index (χ0n) is 15.0. The number of nitrogens with one attached hydrogen (secondary N) is 2. The molecule has 0 aliphatic heterocycles. The second-order valence-corrected chi connectivity index (χ2v) is 6.95. The fraction of sp³-hybridized carbons (Fsp3) is 0.316. The third kappa shape index (κ3) is 5.70. The van der Waals surface area contributed by atoms with Gasteiger partial charge in [-0.05, 0) is 43.3 Å². The van der Waals surface area contributed by atoms with Gasteiger partial charge in [0.25, 0.3) is 5.91 Å². The lowest BCUT2D eigenvalue weighted by Gasteiger charge is -2.14. The number of carbonyl (C=O) groups excluding carboxylic acids is 3. The van der Waals surface area contributed by atoms with Gasteiger partial charge in [0.2, 0.25) is 5.91 Å². The van der Waals surface area contributed by atoms with E-state index in [0.717, 1.165) is 21.7 Å². The minimum absolute atomic E-state index is 0.127. The van der Waals surface area contributed by atoms with Gasteiger partial charge in [0.15, 0.2) is 6.10 Å². The highest BCUT2D eigenvalue weighted by Gasteiger charge is 2.19. The van der Waals surface area contributed by atoms with E-state index in [1.54, 1.807) is 0 Å². The molecule has 1 unspecified atom stereocenters. The highest BCUT2D eigenvalue weighted by molar-refractivity contribution is 7.10. The molecule has 2 aromatic rings. The molecule has 2 N–H and O–H groups in total. The average Bonchev–Trinajstić information content (AvgIpc) is 3.08. The number of hydrogen-bond acceptors (Lipinski definition) is 5. The van der Waals surface area contributed by atoms with E-state index >= 15 is 0 Å². The molecule has 0 fully saturated rings. The van der Waals surface area contributed by atoms with Crippen molar-refractivity contribution in [2.75, 3.05) is 11.9 Å². The van der Waals surface area contributed by atoms with Crippen molar-refractivity contribution in [3.05, 3.63) is 51.7 Å². The van der Waals surface area contributed by atoms with Crippen molar-refractivity contribution in [2.24, 2.45) is 0 Å². The summed E-state index contributed by atoms with van der Waals surface area (Å²) in [6.07, 6.45) is -0.835. The Morgan fingerprint density at radius 1 is 1.12 bits per heavy atom. The predicted molar refractivity (Wildman–Crippen MR) is 101 cm³/mol. The van der Waals surface area contributed by atoms with Crippen LogP contribution >= 0.6 is 11.3 Å². The fourth-order valence-corrected chi connectivity index (χ4v) is 3.04. The maximum absolute atomic E-state index is 12.0. The van der Waals surface area contributed by atoms with Gasteiger partial charge in [0, 0.05) is 10.6 Å². The first-order valence-electron chi connectivity index (χ1n) is 8.22. The van der Waals surface area contributed by atoms with Gasteiger partial charge in [-0.3, -0.25) is 14.4 Å². The van der Waals surface area contributed by atoms with Crippen molar-refractivity contribution in [3.8, 4) is 0 Å². The van der Waals surface area contributed by atoms with E-state index in [1.165, 1.54) is 18.3 Å². The molecule has 1 aromatic carbocycles. The number of rotatable bonds is 7. The van der Waals surface area contributed by atoms with E-state index in [1.807, 2.05) is 49.6 Å². The number of amides is 2. The molecule has 0 aliphatic carbocycles. The quantitative estimate of drug-likeness (QED) is 0.730. The van der Waals surface area contributed by atoms with E-state index in [-0.39, 0.29) is 18.9 Å². The van der Waals surface area contributed by atoms with Gasteiger partial charge in [0.05, 0.1) is 13.0 Å². The highest BCUT2D eigenvalue weighted by Crippen LogP contribution is 2.19. The van der Waals surface area contributed by atoms with Gasteiger partial charge in [-0.15, -0.1) is 11.3 Å². The number of para-hydroxylation sites is 1. The molecule has 0 radical (unpaired) electrons. The van der Waals surface area contributed by atoms with Gasteiger partial charge in [-0.25, -0.2) is 0 Å². The first-order chi connectivity index (χ1) is 12.4. The van der Waals surface area contributed by atoms with Crippen LogP contribution in [0.1, 0.15) is 22.9 Å². The van der Waals surface area contributed by atoms with Crippen LogP contribution in [0.15, 0.2) is 35.7 Å². The summed E-state index contributed by atoms with van der Waals surface area (Å²) >= 11 is 1.45. The minimum atomic E-state index is -0.963. The van der Waals surface area contributed by atoms with Crippen molar-refractivity contribution >= 4 is 34.8 Å². The van der Waals surface area contributed by atoms with E-state index in [0.29, 0.717) is 0 Å². The molecule has 6 nitrogen and oxygen atoms in total. The standard InChI is InChI=1S/C19H22N2O4S/c1-12-6-4-7-13(2)18(12)21-16(22)11-20-19(24)14(3)25-17(23)10-15-8-5-9-26-15/h4-9,14H,10-11H2,1-3H3,(H,20,24)(H,21,22). The lowest BCUT2D eigenvalue weighted by Crippen LogP contribution is -2.40. The summed E-state index contributed by atoms with van der Waals surface area (Å²) in [7, 11) is 0. The number of carbonyl (C=O) groups is 3. The minimum Gasteiger partial charge on any atom is -0.452 e. The Hall–Kier alpha value is -2.67. The fourth-order valence-electron chi connectivity index (χ4n) is 2.35. The Morgan fingerprint density at radius 3 is 2.42 bits per heavy atom. The van der Waals surface area contributed by atoms with Crippen molar-refractivity contribution in [2.45, 2.75) is 33.3 Å². The lowest BCUT2D eigenvalue weighted by atomic mass is 10.1. The molecule has 1 aromatic heterocycles. The average molecular weight is 374 g/mol.